The Hall–Kier alpha value is -2.31. The third kappa shape index (κ3) is 3.98. The fraction of sp³-hybridized carbons (Fsp3) is 0.250. The van der Waals surface area contributed by atoms with Gasteiger partial charge in [-0.1, -0.05) is 17.0 Å². The first-order valence-electron chi connectivity index (χ1n) is 4.95. The Morgan fingerprint density at radius 1 is 1.59 bits per heavy atom. The van der Waals surface area contributed by atoms with Gasteiger partial charge in [0.15, 0.2) is 5.78 Å². The van der Waals surface area contributed by atoms with Crippen molar-refractivity contribution in [2.24, 2.45) is 5.11 Å². The van der Waals surface area contributed by atoms with E-state index < -0.39 is 5.82 Å². The van der Waals surface area contributed by atoms with Crippen LogP contribution in [0.5, 0.6) is 0 Å². The minimum absolute atomic E-state index is 0.137. The van der Waals surface area contributed by atoms with Gasteiger partial charge in [0.1, 0.15) is 5.82 Å². The Morgan fingerprint density at radius 2 is 2.35 bits per heavy atom. The molecule has 0 radical (unpaired) electrons. The summed E-state index contributed by atoms with van der Waals surface area (Å²) in [6, 6.07) is 4.05. The number of nitrogens with zero attached hydrogens (tertiary/aromatic N) is 3. The second-order valence-corrected chi connectivity index (χ2v) is 3.26. The van der Waals surface area contributed by atoms with Gasteiger partial charge in [-0.25, -0.2) is 4.39 Å². The molecule has 0 atom stereocenters. The number of rotatable bonds is 3. The van der Waals surface area contributed by atoms with Crippen LogP contribution < -0.4 is 0 Å². The molecular formula is C12H10FN3O. The van der Waals surface area contributed by atoms with Crippen LogP contribution >= 0.6 is 0 Å². The van der Waals surface area contributed by atoms with Crippen LogP contribution in [0.2, 0.25) is 0 Å². The summed E-state index contributed by atoms with van der Waals surface area (Å²) in [6.07, 6.45) is 0.355. The highest BCUT2D eigenvalue weighted by Gasteiger charge is 2.03. The van der Waals surface area contributed by atoms with Crippen molar-refractivity contribution < 1.29 is 9.18 Å². The van der Waals surface area contributed by atoms with Gasteiger partial charge in [0.05, 0.1) is 5.56 Å². The van der Waals surface area contributed by atoms with Gasteiger partial charge in [0.25, 0.3) is 0 Å². The van der Waals surface area contributed by atoms with Gasteiger partial charge in [0.2, 0.25) is 0 Å². The molecule has 0 heterocycles. The molecular weight excluding hydrogens is 221 g/mol. The lowest BCUT2D eigenvalue weighted by molar-refractivity contribution is 0.101. The summed E-state index contributed by atoms with van der Waals surface area (Å²) in [7, 11) is 0. The Kier molecular flexibility index (Phi) is 4.74. The van der Waals surface area contributed by atoms with E-state index in [-0.39, 0.29) is 17.9 Å². The predicted octanol–water partition coefficient (Wildman–Crippen LogP) is 3.08. The molecule has 86 valence electrons. The minimum atomic E-state index is -0.466. The number of azide groups is 1. The van der Waals surface area contributed by atoms with E-state index in [4.69, 9.17) is 5.53 Å². The number of carbonyl (C=O) groups is 1. The van der Waals surface area contributed by atoms with Crippen LogP contribution in [0.25, 0.3) is 10.4 Å². The fourth-order valence-corrected chi connectivity index (χ4v) is 1.15. The molecule has 0 saturated heterocycles. The van der Waals surface area contributed by atoms with E-state index >= 15 is 0 Å². The predicted molar refractivity (Wildman–Crippen MR) is 61.9 cm³/mol. The summed E-state index contributed by atoms with van der Waals surface area (Å²) in [5.74, 6) is 4.68. The second-order valence-electron chi connectivity index (χ2n) is 3.26. The van der Waals surface area contributed by atoms with Crippen LogP contribution in [-0.4, -0.2) is 12.3 Å². The summed E-state index contributed by atoms with van der Waals surface area (Å²) >= 11 is 0. The molecule has 0 aliphatic carbocycles. The van der Waals surface area contributed by atoms with Gasteiger partial charge in [0, 0.05) is 23.4 Å². The van der Waals surface area contributed by atoms with Gasteiger partial charge in [-0.05, 0) is 30.7 Å². The SMILES string of the molecule is CC(=O)c1ccc(F)c(C#CCCN=[N+]=[N-])c1. The normalized spacial score (nSPS) is 8.82. The van der Waals surface area contributed by atoms with Gasteiger partial charge >= 0.3 is 0 Å². The van der Waals surface area contributed by atoms with Crippen LogP contribution in [0.15, 0.2) is 23.3 Å². The van der Waals surface area contributed by atoms with Gasteiger partial charge in [-0.2, -0.15) is 0 Å². The maximum Gasteiger partial charge on any atom is 0.159 e. The molecule has 0 aromatic heterocycles. The number of ketones is 1. The molecule has 0 bridgehead atoms. The molecule has 0 spiro atoms. The van der Waals surface area contributed by atoms with Crippen molar-refractivity contribution >= 4 is 5.78 Å². The maximum atomic E-state index is 13.3. The number of hydrogen-bond donors (Lipinski definition) is 0. The summed E-state index contributed by atoms with van der Waals surface area (Å²) in [6.45, 7) is 1.66. The number of hydrogen-bond acceptors (Lipinski definition) is 2. The van der Waals surface area contributed by atoms with E-state index in [0.717, 1.165) is 0 Å². The molecule has 0 amide bonds. The van der Waals surface area contributed by atoms with Crippen molar-refractivity contribution in [1.29, 1.82) is 0 Å². The number of benzene rings is 1. The lowest BCUT2D eigenvalue weighted by Gasteiger charge is -1.98. The number of Topliss-reactive ketones (excluding diaryl/α,β-unsaturated/α-hetero) is 1. The Balaban J connectivity index is 2.85. The number of carbonyl (C=O) groups excluding carboxylic acids is 1. The number of halogens is 1. The quantitative estimate of drug-likeness (QED) is 0.197. The standard InChI is InChI=1S/C12H10FN3O/c1-9(17)10-5-6-12(13)11(8-10)4-2-3-7-15-16-14/h5-6,8H,3,7H2,1H3. The molecule has 0 N–H and O–H groups in total. The second kappa shape index (κ2) is 6.31. The molecule has 1 aromatic carbocycles. The van der Waals surface area contributed by atoms with Crippen molar-refractivity contribution in [2.75, 3.05) is 6.54 Å². The van der Waals surface area contributed by atoms with E-state index in [0.29, 0.717) is 12.0 Å². The van der Waals surface area contributed by atoms with Gasteiger partial charge in [-0.3, -0.25) is 4.79 Å². The zero-order valence-corrected chi connectivity index (χ0v) is 9.27. The molecule has 1 rings (SSSR count). The van der Waals surface area contributed by atoms with E-state index in [1.54, 1.807) is 0 Å². The van der Waals surface area contributed by atoms with Crippen LogP contribution in [-0.2, 0) is 0 Å². The Morgan fingerprint density at radius 3 is 3.00 bits per heavy atom. The molecule has 5 heteroatoms. The molecule has 0 aliphatic rings. The Bertz CT molecular complexity index is 536. The molecule has 4 nitrogen and oxygen atoms in total. The van der Waals surface area contributed by atoms with E-state index in [1.807, 2.05) is 0 Å². The van der Waals surface area contributed by atoms with Gasteiger partial charge in [-0.15, -0.1) is 0 Å². The Labute approximate surface area is 98.1 Å². The topological polar surface area (TPSA) is 65.8 Å². The molecule has 0 saturated carbocycles. The third-order valence-corrected chi connectivity index (χ3v) is 2.00. The van der Waals surface area contributed by atoms with Crippen LogP contribution in [0, 0.1) is 17.7 Å². The highest BCUT2D eigenvalue weighted by Crippen LogP contribution is 2.10. The summed E-state index contributed by atoms with van der Waals surface area (Å²) in [5.41, 5.74) is 8.64. The summed E-state index contributed by atoms with van der Waals surface area (Å²) in [4.78, 5) is 13.7. The minimum Gasteiger partial charge on any atom is -0.295 e. The zero-order valence-electron chi connectivity index (χ0n) is 9.27. The monoisotopic (exact) mass is 231 g/mol. The lowest BCUT2D eigenvalue weighted by atomic mass is 10.1. The molecule has 1 aromatic rings. The van der Waals surface area contributed by atoms with Crippen molar-refractivity contribution in [2.45, 2.75) is 13.3 Å². The van der Waals surface area contributed by atoms with Crippen molar-refractivity contribution in [3.63, 3.8) is 0 Å². The fourth-order valence-electron chi connectivity index (χ4n) is 1.15. The smallest absolute Gasteiger partial charge is 0.159 e. The summed E-state index contributed by atoms with van der Waals surface area (Å²) in [5, 5.41) is 3.30. The van der Waals surface area contributed by atoms with Crippen molar-refractivity contribution in [3.8, 4) is 11.8 Å². The average Bonchev–Trinajstić information content (AvgIpc) is 2.30. The van der Waals surface area contributed by atoms with Crippen LogP contribution in [0.1, 0.15) is 29.3 Å². The third-order valence-electron chi connectivity index (χ3n) is 2.00. The van der Waals surface area contributed by atoms with Crippen molar-refractivity contribution in [3.05, 3.63) is 45.6 Å². The highest BCUT2D eigenvalue weighted by molar-refractivity contribution is 5.94. The average molecular weight is 231 g/mol. The molecule has 0 aliphatic heterocycles. The maximum absolute atomic E-state index is 13.3. The van der Waals surface area contributed by atoms with Crippen LogP contribution in [0.4, 0.5) is 4.39 Å². The first-order chi connectivity index (χ1) is 8.15. The van der Waals surface area contributed by atoms with Gasteiger partial charge < -0.3 is 0 Å². The lowest BCUT2D eigenvalue weighted by Crippen LogP contribution is -1.94. The van der Waals surface area contributed by atoms with Crippen LogP contribution in [0.3, 0.4) is 0 Å². The summed E-state index contributed by atoms with van der Waals surface area (Å²) < 4.78 is 13.3. The highest BCUT2D eigenvalue weighted by atomic mass is 19.1. The van der Waals surface area contributed by atoms with E-state index in [1.165, 1.54) is 25.1 Å². The van der Waals surface area contributed by atoms with E-state index in [9.17, 15) is 9.18 Å². The molecule has 0 fully saturated rings. The zero-order chi connectivity index (χ0) is 12.7. The van der Waals surface area contributed by atoms with E-state index in [2.05, 4.69) is 21.9 Å². The molecule has 17 heavy (non-hydrogen) atoms. The van der Waals surface area contributed by atoms with Crippen molar-refractivity contribution in [1.82, 2.24) is 0 Å². The first kappa shape index (κ1) is 12.8. The first-order valence-corrected chi connectivity index (χ1v) is 4.95. The largest absolute Gasteiger partial charge is 0.295 e. The molecule has 0 unspecified atom stereocenters.